The molecule has 1 aromatic rings. The van der Waals surface area contributed by atoms with Gasteiger partial charge in [-0.25, -0.2) is 0 Å². The fourth-order valence-corrected chi connectivity index (χ4v) is 2.03. The number of nitrogens with zero attached hydrogens (tertiary/aromatic N) is 2. The van der Waals surface area contributed by atoms with E-state index in [0.717, 1.165) is 17.8 Å². The first-order valence-electron chi connectivity index (χ1n) is 5.39. The van der Waals surface area contributed by atoms with Crippen molar-refractivity contribution < 1.29 is 9.53 Å². The number of hydrogen-bond acceptors (Lipinski definition) is 3. The van der Waals surface area contributed by atoms with Crippen LogP contribution in [-0.2, 0) is 16.1 Å². The zero-order valence-corrected chi connectivity index (χ0v) is 10.3. The Balaban J connectivity index is 2.08. The Kier molecular flexibility index (Phi) is 3.30. The molecule has 0 saturated carbocycles. The third-order valence-electron chi connectivity index (χ3n) is 2.98. The fraction of sp³-hybridized carbons (Fsp3) is 0.636. The van der Waals surface area contributed by atoms with Crippen molar-refractivity contribution in [2.45, 2.75) is 26.8 Å². The van der Waals surface area contributed by atoms with E-state index in [2.05, 4.69) is 5.10 Å². The Morgan fingerprint density at radius 3 is 2.88 bits per heavy atom. The second-order valence-electron chi connectivity index (χ2n) is 4.17. The van der Waals surface area contributed by atoms with Gasteiger partial charge in [0, 0.05) is 12.5 Å². The van der Waals surface area contributed by atoms with Gasteiger partial charge in [-0.3, -0.25) is 9.48 Å². The number of hydrogen-bond donors (Lipinski definition) is 0. The monoisotopic (exact) mass is 242 g/mol. The molecule has 88 valence electrons. The third kappa shape index (κ3) is 2.13. The third-order valence-corrected chi connectivity index (χ3v) is 3.53. The molecule has 1 saturated heterocycles. The van der Waals surface area contributed by atoms with Gasteiger partial charge in [0.2, 0.25) is 0 Å². The van der Waals surface area contributed by atoms with Crippen LogP contribution in [0.3, 0.4) is 0 Å². The molecule has 0 radical (unpaired) electrons. The van der Waals surface area contributed by atoms with Crippen LogP contribution < -0.4 is 0 Å². The SMILES string of the molecule is Cc1nn(CC(=O)C2CCOC2)c(C)c1Cl. The number of halogens is 1. The maximum absolute atomic E-state index is 11.9. The lowest BCUT2D eigenvalue weighted by Gasteiger charge is -2.07. The maximum Gasteiger partial charge on any atom is 0.159 e. The van der Waals surface area contributed by atoms with Gasteiger partial charge in [-0.2, -0.15) is 5.10 Å². The second kappa shape index (κ2) is 4.55. The van der Waals surface area contributed by atoms with E-state index in [1.165, 1.54) is 0 Å². The molecule has 2 rings (SSSR count). The van der Waals surface area contributed by atoms with Crippen LogP contribution in [0, 0.1) is 19.8 Å². The van der Waals surface area contributed by atoms with Gasteiger partial charge in [-0.1, -0.05) is 11.6 Å². The lowest BCUT2D eigenvalue weighted by atomic mass is 10.0. The standard InChI is InChI=1S/C11H15ClN2O2/c1-7-11(12)8(2)14(13-7)5-10(15)9-3-4-16-6-9/h9H,3-6H2,1-2H3. The number of Topliss-reactive ketones (excluding diaryl/α,β-unsaturated/α-hetero) is 1. The van der Waals surface area contributed by atoms with Crippen molar-refractivity contribution in [1.82, 2.24) is 9.78 Å². The number of aryl methyl sites for hydroxylation is 1. The highest BCUT2D eigenvalue weighted by atomic mass is 35.5. The molecule has 16 heavy (non-hydrogen) atoms. The molecule has 1 fully saturated rings. The summed E-state index contributed by atoms with van der Waals surface area (Å²) < 4.78 is 6.88. The highest BCUT2D eigenvalue weighted by Crippen LogP contribution is 2.20. The fourth-order valence-electron chi connectivity index (χ4n) is 1.89. The molecule has 0 aliphatic carbocycles. The molecule has 0 aromatic carbocycles. The predicted octanol–water partition coefficient (Wildman–Crippen LogP) is 1.76. The van der Waals surface area contributed by atoms with E-state index < -0.39 is 0 Å². The van der Waals surface area contributed by atoms with Crippen molar-refractivity contribution in [1.29, 1.82) is 0 Å². The summed E-state index contributed by atoms with van der Waals surface area (Å²) in [5.74, 6) is 0.211. The van der Waals surface area contributed by atoms with Crippen LogP contribution in [0.25, 0.3) is 0 Å². The van der Waals surface area contributed by atoms with Crippen LogP contribution in [0.1, 0.15) is 17.8 Å². The smallest absolute Gasteiger partial charge is 0.159 e. The summed E-state index contributed by atoms with van der Waals surface area (Å²) in [6, 6.07) is 0. The normalized spacial score (nSPS) is 20.3. The molecule has 1 aliphatic rings. The average molecular weight is 243 g/mol. The van der Waals surface area contributed by atoms with E-state index in [1.807, 2.05) is 13.8 Å². The Morgan fingerprint density at radius 1 is 1.62 bits per heavy atom. The molecule has 1 atom stereocenters. The van der Waals surface area contributed by atoms with E-state index >= 15 is 0 Å². The molecule has 1 aliphatic heterocycles. The van der Waals surface area contributed by atoms with E-state index in [9.17, 15) is 4.79 Å². The van der Waals surface area contributed by atoms with Crippen molar-refractivity contribution in [3.63, 3.8) is 0 Å². The molecule has 0 N–H and O–H groups in total. The van der Waals surface area contributed by atoms with Crippen molar-refractivity contribution in [2.24, 2.45) is 5.92 Å². The first-order valence-corrected chi connectivity index (χ1v) is 5.77. The van der Waals surface area contributed by atoms with Gasteiger partial charge < -0.3 is 4.74 Å². The molecular formula is C11H15ClN2O2. The van der Waals surface area contributed by atoms with E-state index in [-0.39, 0.29) is 11.7 Å². The lowest BCUT2D eigenvalue weighted by molar-refractivity contribution is -0.123. The number of ketones is 1. The van der Waals surface area contributed by atoms with Crippen molar-refractivity contribution >= 4 is 17.4 Å². The molecule has 1 aromatic heterocycles. The average Bonchev–Trinajstić information content (AvgIpc) is 2.85. The summed E-state index contributed by atoms with van der Waals surface area (Å²) in [4.78, 5) is 11.9. The minimum Gasteiger partial charge on any atom is -0.381 e. The summed E-state index contributed by atoms with van der Waals surface area (Å²) in [6.07, 6.45) is 0.825. The van der Waals surface area contributed by atoms with E-state index in [4.69, 9.17) is 16.3 Å². The van der Waals surface area contributed by atoms with Crippen molar-refractivity contribution in [3.8, 4) is 0 Å². The first-order chi connectivity index (χ1) is 7.59. The molecule has 2 heterocycles. The minimum atomic E-state index is 0.0303. The molecule has 4 nitrogen and oxygen atoms in total. The molecular weight excluding hydrogens is 228 g/mol. The van der Waals surface area contributed by atoms with Crippen LogP contribution >= 0.6 is 11.6 Å². The molecule has 0 bridgehead atoms. The number of aromatic nitrogens is 2. The predicted molar refractivity (Wildman–Crippen MR) is 60.6 cm³/mol. The minimum absolute atomic E-state index is 0.0303. The summed E-state index contributed by atoms with van der Waals surface area (Å²) in [6.45, 7) is 5.25. The molecule has 0 amide bonds. The highest BCUT2D eigenvalue weighted by Gasteiger charge is 2.24. The van der Waals surface area contributed by atoms with Gasteiger partial charge in [0.05, 0.1) is 23.0 Å². The number of rotatable bonds is 3. The van der Waals surface area contributed by atoms with Gasteiger partial charge in [-0.15, -0.1) is 0 Å². The number of carbonyl (C=O) groups is 1. The zero-order valence-electron chi connectivity index (χ0n) is 9.49. The summed E-state index contributed by atoms with van der Waals surface area (Å²) in [5, 5.41) is 4.89. The number of carbonyl (C=O) groups excluding carboxylic acids is 1. The van der Waals surface area contributed by atoms with E-state index in [0.29, 0.717) is 24.8 Å². The van der Waals surface area contributed by atoms with Crippen LogP contribution in [0.2, 0.25) is 5.02 Å². The van der Waals surface area contributed by atoms with Gasteiger partial charge in [0.15, 0.2) is 5.78 Å². The Bertz CT molecular complexity index is 408. The van der Waals surface area contributed by atoms with Crippen LogP contribution in [-0.4, -0.2) is 28.8 Å². The largest absolute Gasteiger partial charge is 0.381 e. The Hall–Kier alpha value is -0.870. The lowest BCUT2D eigenvalue weighted by Crippen LogP contribution is -2.21. The highest BCUT2D eigenvalue weighted by molar-refractivity contribution is 6.31. The number of ether oxygens (including phenoxy) is 1. The first kappa shape index (κ1) is 11.6. The van der Waals surface area contributed by atoms with Crippen molar-refractivity contribution in [3.05, 3.63) is 16.4 Å². The molecule has 1 unspecified atom stereocenters. The summed E-state index contributed by atoms with van der Waals surface area (Å²) in [5.41, 5.74) is 1.63. The van der Waals surface area contributed by atoms with Gasteiger partial charge >= 0.3 is 0 Å². The molecule has 0 spiro atoms. The quantitative estimate of drug-likeness (QED) is 0.811. The Morgan fingerprint density at radius 2 is 2.38 bits per heavy atom. The topological polar surface area (TPSA) is 44.1 Å². The summed E-state index contributed by atoms with van der Waals surface area (Å²) in [7, 11) is 0. The van der Waals surface area contributed by atoms with Gasteiger partial charge in [0.25, 0.3) is 0 Å². The summed E-state index contributed by atoms with van der Waals surface area (Å²) >= 11 is 6.02. The zero-order chi connectivity index (χ0) is 11.7. The second-order valence-corrected chi connectivity index (χ2v) is 4.55. The van der Waals surface area contributed by atoms with E-state index in [1.54, 1.807) is 4.68 Å². The maximum atomic E-state index is 11.9. The van der Waals surface area contributed by atoms with Gasteiger partial charge in [0.1, 0.15) is 6.54 Å². The van der Waals surface area contributed by atoms with Crippen molar-refractivity contribution in [2.75, 3.05) is 13.2 Å². The molecule has 5 heteroatoms. The Labute approximate surface area is 99.5 Å². The van der Waals surface area contributed by atoms with Crippen LogP contribution in [0.5, 0.6) is 0 Å². The van der Waals surface area contributed by atoms with Gasteiger partial charge in [-0.05, 0) is 20.3 Å². The van der Waals surface area contributed by atoms with Crippen LogP contribution in [0.15, 0.2) is 0 Å². The van der Waals surface area contributed by atoms with Crippen LogP contribution in [0.4, 0.5) is 0 Å².